The average Bonchev–Trinajstić information content (AvgIpc) is 2.62. The first kappa shape index (κ1) is 13.7. The van der Waals surface area contributed by atoms with Crippen LogP contribution in [0.4, 0.5) is 5.95 Å². The van der Waals surface area contributed by atoms with Gasteiger partial charge in [0, 0.05) is 44.6 Å². The zero-order chi connectivity index (χ0) is 14.8. The summed E-state index contributed by atoms with van der Waals surface area (Å²) in [5, 5.41) is 0. The van der Waals surface area contributed by atoms with Crippen molar-refractivity contribution in [1.29, 1.82) is 0 Å². The third kappa shape index (κ3) is 2.59. The lowest BCUT2D eigenvalue weighted by molar-refractivity contribution is 0.168. The van der Waals surface area contributed by atoms with E-state index in [0.717, 1.165) is 32.1 Å². The monoisotopic (exact) mass is 294 g/mol. The van der Waals surface area contributed by atoms with Gasteiger partial charge in [0.1, 0.15) is 0 Å². The Labute approximate surface area is 131 Å². The maximum Gasteiger partial charge on any atom is 0.225 e. The molecular weight excluding hydrogens is 272 g/mol. The molecule has 0 saturated carbocycles. The molecule has 0 bridgehead atoms. The lowest BCUT2D eigenvalue weighted by Gasteiger charge is -2.41. The van der Waals surface area contributed by atoms with E-state index in [1.807, 2.05) is 18.5 Å². The lowest BCUT2D eigenvalue weighted by Crippen LogP contribution is -2.48. The minimum Gasteiger partial charge on any atom is -0.338 e. The van der Waals surface area contributed by atoms with Gasteiger partial charge in [-0.1, -0.05) is 24.3 Å². The number of anilines is 1. The van der Waals surface area contributed by atoms with E-state index >= 15 is 0 Å². The van der Waals surface area contributed by atoms with E-state index in [9.17, 15) is 0 Å². The summed E-state index contributed by atoms with van der Waals surface area (Å²) in [5.74, 6) is 0.867. The van der Waals surface area contributed by atoms with Crippen LogP contribution >= 0.6 is 0 Å². The van der Waals surface area contributed by atoms with Crippen molar-refractivity contribution < 1.29 is 0 Å². The largest absolute Gasteiger partial charge is 0.338 e. The molecule has 2 aliphatic rings. The summed E-state index contributed by atoms with van der Waals surface area (Å²) < 4.78 is 0. The fourth-order valence-corrected chi connectivity index (χ4v) is 3.80. The van der Waals surface area contributed by atoms with E-state index in [0.29, 0.717) is 6.04 Å². The number of benzene rings is 1. The molecule has 1 saturated heterocycles. The summed E-state index contributed by atoms with van der Waals surface area (Å²) >= 11 is 0. The third-order valence-electron chi connectivity index (χ3n) is 4.93. The summed E-state index contributed by atoms with van der Waals surface area (Å²) in [5.41, 5.74) is 3.10. The molecule has 1 fully saturated rings. The Hall–Kier alpha value is -1.94. The van der Waals surface area contributed by atoms with Crippen LogP contribution in [0, 0.1) is 0 Å². The molecule has 1 aliphatic carbocycles. The fourth-order valence-electron chi connectivity index (χ4n) is 3.80. The fraction of sp³-hybridized carbons (Fsp3) is 0.444. The molecule has 1 aromatic heterocycles. The SMILES string of the molecule is c1cnc(N2CCN([C@@H]3CCCc4ccccc43)CC2)nc1. The molecule has 0 spiro atoms. The van der Waals surface area contributed by atoms with E-state index in [4.69, 9.17) is 0 Å². The van der Waals surface area contributed by atoms with Crippen LogP contribution in [-0.4, -0.2) is 41.0 Å². The van der Waals surface area contributed by atoms with Crippen LogP contribution in [0.15, 0.2) is 42.7 Å². The van der Waals surface area contributed by atoms with E-state index in [1.54, 1.807) is 11.1 Å². The number of fused-ring (bicyclic) bond motifs is 1. The molecule has 4 rings (SSSR count). The second-order valence-corrected chi connectivity index (χ2v) is 6.18. The van der Waals surface area contributed by atoms with Crippen molar-refractivity contribution in [1.82, 2.24) is 14.9 Å². The van der Waals surface area contributed by atoms with Crippen molar-refractivity contribution in [2.75, 3.05) is 31.1 Å². The number of aromatic nitrogens is 2. The van der Waals surface area contributed by atoms with Crippen LogP contribution in [0.2, 0.25) is 0 Å². The third-order valence-corrected chi connectivity index (χ3v) is 4.93. The number of hydrogen-bond donors (Lipinski definition) is 0. The molecule has 0 radical (unpaired) electrons. The van der Waals surface area contributed by atoms with Crippen molar-refractivity contribution in [3.8, 4) is 0 Å². The Kier molecular flexibility index (Phi) is 3.77. The van der Waals surface area contributed by atoms with Gasteiger partial charge in [-0.05, 0) is 36.5 Å². The van der Waals surface area contributed by atoms with Crippen molar-refractivity contribution in [2.24, 2.45) is 0 Å². The van der Waals surface area contributed by atoms with Crippen molar-refractivity contribution in [3.05, 3.63) is 53.9 Å². The molecule has 22 heavy (non-hydrogen) atoms. The van der Waals surface area contributed by atoms with Crippen LogP contribution in [0.3, 0.4) is 0 Å². The van der Waals surface area contributed by atoms with Crippen LogP contribution in [-0.2, 0) is 6.42 Å². The highest BCUT2D eigenvalue weighted by Crippen LogP contribution is 2.34. The van der Waals surface area contributed by atoms with Gasteiger partial charge in [0.25, 0.3) is 0 Å². The topological polar surface area (TPSA) is 32.3 Å². The van der Waals surface area contributed by atoms with Gasteiger partial charge in [0.05, 0.1) is 0 Å². The van der Waals surface area contributed by atoms with E-state index in [2.05, 4.69) is 44.0 Å². The van der Waals surface area contributed by atoms with Crippen molar-refractivity contribution in [3.63, 3.8) is 0 Å². The first-order chi connectivity index (χ1) is 10.9. The Balaban J connectivity index is 1.46. The van der Waals surface area contributed by atoms with Gasteiger partial charge in [0.2, 0.25) is 5.95 Å². The molecule has 4 nitrogen and oxygen atoms in total. The minimum atomic E-state index is 0.601. The predicted octanol–water partition coefficient (Wildman–Crippen LogP) is 2.68. The van der Waals surface area contributed by atoms with Crippen LogP contribution in [0.25, 0.3) is 0 Å². The zero-order valence-electron chi connectivity index (χ0n) is 12.9. The Morgan fingerprint density at radius 2 is 1.68 bits per heavy atom. The van der Waals surface area contributed by atoms with E-state index in [1.165, 1.54) is 19.3 Å². The summed E-state index contributed by atoms with van der Waals surface area (Å²) in [6, 6.07) is 11.5. The van der Waals surface area contributed by atoms with Gasteiger partial charge in [-0.2, -0.15) is 0 Å². The molecule has 4 heteroatoms. The van der Waals surface area contributed by atoms with Crippen molar-refractivity contribution >= 4 is 5.95 Å². The van der Waals surface area contributed by atoms with Crippen molar-refractivity contribution in [2.45, 2.75) is 25.3 Å². The Morgan fingerprint density at radius 1 is 0.909 bits per heavy atom. The summed E-state index contributed by atoms with van der Waals surface area (Å²) in [6.07, 6.45) is 7.49. The standard InChI is InChI=1S/C18H22N4/c1-2-7-16-15(5-1)6-3-8-17(16)21-11-13-22(14-12-21)18-19-9-4-10-20-18/h1-2,4-5,7,9-10,17H,3,6,8,11-14H2/t17-/m1/s1. The maximum absolute atomic E-state index is 4.37. The van der Waals surface area contributed by atoms with Gasteiger partial charge >= 0.3 is 0 Å². The average molecular weight is 294 g/mol. The number of aryl methyl sites for hydroxylation is 1. The normalized spacial score (nSPS) is 22.4. The molecule has 2 aromatic rings. The van der Waals surface area contributed by atoms with Gasteiger partial charge in [-0.25, -0.2) is 9.97 Å². The van der Waals surface area contributed by atoms with Gasteiger partial charge < -0.3 is 4.90 Å². The number of piperazine rings is 1. The second kappa shape index (κ2) is 6.05. The van der Waals surface area contributed by atoms with Gasteiger partial charge in [0.15, 0.2) is 0 Å². The van der Waals surface area contributed by atoms with Crippen LogP contribution in [0.1, 0.15) is 30.0 Å². The molecule has 1 aromatic carbocycles. The highest BCUT2D eigenvalue weighted by molar-refractivity contribution is 5.33. The van der Waals surface area contributed by atoms with E-state index in [-0.39, 0.29) is 0 Å². The molecule has 0 unspecified atom stereocenters. The number of rotatable bonds is 2. The molecule has 114 valence electrons. The molecule has 1 atom stereocenters. The smallest absolute Gasteiger partial charge is 0.225 e. The number of nitrogens with zero attached hydrogens (tertiary/aromatic N) is 4. The summed E-state index contributed by atoms with van der Waals surface area (Å²) in [6.45, 7) is 4.22. The quantitative estimate of drug-likeness (QED) is 0.852. The summed E-state index contributed by atoms with van der Waals surface area (Å²) in [7, 11) is 0. The summed E-state index contributed by atoms with van der Waals surface area (Å²) in [4.78, 5) is 13.7. The Morgan fingerprint density at radius 3 is 2.50 bits per heavy atom. The molecule has 2 heterocycles. The molecule has 0 amide bonds. The van der Waals surface area contributed by atoms with E-state index < -0.39 is 0 Å². The maximum atomic E-state index is 4.37. The predicted molar refractivity (Wildman–Crippen MR) is 87.9 cm³/mol. The molecular formula is C18H22N4. The minimum absolute atomic E-state index is 0.601. The first-order valence-corrected chi connectivity index (χ1v) is 8.25. The van der Waals surface area contributed by atoms with Crippen LogP contribution in [0.5, 0.6) is 0 Å². The highest BCUT2D eigenvalue weighted by Gasteiger charge is 2.28. The van der Waals surface area contributed by atoms with Gasteiger partial charge in [-0.15, -0.1) is 0 Å². The second-order valence-electron chi connectivity index (χ2n) is 6.18. The highest BCUT2D eigenvalue weighted by atomic mass is 15.3. The first-order valence-electron chi connectivity index (χ1n) is 8.25. The number of hydrogen-bond acceptors (Lipinski definition) is 4. The molecule has 0 N–H and O–H groups in total. The molecule has 1 aliphatic heterocycles. The zero-order valence-corrected chi connectivity index (χ0v) is 12.9. The Bertz CT molecular complexity index is 620. The van der Waals surface area contributed by atoms with Crippen LogP contribution < -0.4 is 4.90 Å². The van der Waals surface area contributed by atoms with Gasteiger partial charge in [-0.3, -0.25) is 4.90 Å². The lowest BCUT2D eigenvalue weighted by atomic mass is 9.86.